The van der Waals surface area contributed by atoms with E-state index in [0.29, 0.717) is 56.0 Å². The van der Waals surface area contributed by atoms with E-state index in [1.54, 1.807) is 15.9 Å². The second kappa shape index (κ2) is 9.07. The van der Waals surface area contributed by atoms with E-state index in [9.17, 15) is 14.4 Å². The molecule has 33 heavy (non-hydrogen) atoms. The fraction of sp³-hybridized carbons (Fsp3) is 0.320. The molecule has 8 heteroatoms. The van der Waals surface area contributed by atoms with Gasteiger partial charge in [0.2, 0.25) is 17.6 Å². The summed E-state index contributed by atoms with van der Waals surface area (Å²) in [5.74, 6) is -1.02. The number of carbonyl (C=O) groups excluding carboxylic acids is 3. The summed E-state index contributed by atoms with van der Waals surface area (Å²) in [5, 5.41) is 3.57. The Morgan fingerprint density at radius 1 is 1.00 bits per heavy atom. The molecule has 0 bridgehead atoms. The molecule has 8 nitrogen and oxygen atoms in total. The smallest absolute Gasteiger partial charge is 0.291 e. The van der Waals surface area contributed by atoms with Crippen LogP contribution in [0.4, 0.5) is 5.69 Å². The van der Waals surface area contributed by atoms with E-state index < -0.39 is 5.92 Å². The van der Waals surface area contributed by atoms with Crippen molar-refractivity contribution in [3.8, 4) is 0 Å². The summed E-state index contributed by atoms with van der Waals surface area (Å²) in [4.78, 5) is 42.2. The van der Waals surface area contributed by atoms with Crippen molar-refractivity contribution in [2.24, 2.45) is 5.92 Å². The minimum absolute atomic E-state index is 0.0549. The lowest BCUT2D eigenvalue weighted by atomic mass is 10.1. The Bertz CT molecular complexity index is 1180. The number of hydrogen-bond acceptors (Lipinski definition) is 5. The Morgan fingerprint density at radius 3 is 2.52 bits per heavy atom. The van der Waals surface area contributed by atoms with Crippen molar-refractivity contribution < 1.29 is 23.5 Å². The summed E-state index contributed by atoms with van der Waals surface area (Å²) in [6, 6.07) is 16.9. The fourth-order valence-electron chi connectivity index (χ4n) is 4.36. The molecule has 3 amide bonds. The van der Waals surface area contributed by atoms with Gasteiger partial charge in [0.1, 0.15) is 11.3 Å². The highest BCUT2D eigenvalue weighted by atomic mass is 16.5. The van der Waals surface area contributed by atoms with Crippen molar-refractivity contribution in [3.63, 3.8) is 0 Å². The highest BCUT2D eigenvalue weighted by Crippen LogP contribution is 2.33. The summed E-state index contributed by atoms with van der Waals surface area (Å²) < 4.78 is 11.2. The van der Waals surface area contributed by atoms with Gasteiger partial charge in [0, 0.05) is 38.0 Å². The van der Waals surface area contributed by atoms with E-state index in [-0.39, 0.29) is 29.9 Å². The van der Waals surface area contributed by atoms with Crippen LogP contribution in [0.25, 0.3) is 11.0 Å². The van der Waals surface area contributed by atoms with Gasteiger partial charge in [-0.3, -0.25) is 14.4 Å². The molecule has 1 aromatic heterocycles. The summed E-state index contributed by atoms with van der Waals surface area (Å²) in [6.45, 7) is 2.68. The molecule has 1 unspecified atom stereocenters. The maximum atomic E-state index is 13.2. The van der Waals surface area contributed by atoms with E-state index in [0.717, 1.165) is 5.56 Å². The molecule has 2 saturated heterocycles. The molecule has 1 N–H and O–H groups in total. The van der Waals surface area contributed by atoms with Crippen LogP contribution in [0.2, 0.25) is 0 Å². The van der Waals surface area contributed by atoms with Gasteiger partial charge in [-0.2, -0.15) is 0 Å². The molecule has 2 aromatic carbocycles. The molecule has 3 aromatic rings. The van der Waals surface area contributed by atoms with Crippen molar-refractivity contribution in [1.29, 1.82) is 0 Å². The summed E-state index contributed by atoms with van der Waals surface area (Å²) in [6.07, 6.45) is 0.140. The molecular formula is C25H25N3O5. The number of hydrogen-bond donors (Lipinski definition) is 1. The Morgan fingerprint density at radius 2 is 1.73 bits per heavy atom. The van der Waals surface area contributed by atoms with Crippen molar-refractivity contribution in [2.75, 3.05) is 38.2 Å². The highest BCUT2D eigenvalue weighted by molar-refractivity contribution is 6.11. The number of likely N-dealkylation sites (tertiary alicyclic amines) is 1. The minimum atomic E-state index is -0.499. The number of fused-ring (bicyclic) bond motifs is 1. The number of benzene rings is 2. The first-order valence-electron chi connectivity index (χ1n) is 11.1. The first-order valence-corrected chi connectivity index (χ1v) is 11.1. The second-order valence-corrected chi connectivity index (χ2v) is 8.36. The van der Waals surface area contributed by atoms with Crippen LogP contribution in [-0.4, -0.2) is 60.4 Å². The van der Waals surface area contributed by atoms with E-state index in [2.05, 4.69) is 5.32 Å². The summed E-state index contributed by atoms with van der Waals surface area (Å²) >= 11 is 0. The normalized spacial score (nSPS) is 18.7. The number of amides is 3. The number of ether oxygens (including phenoxy) is 1. The predicted octanol–water partition coefficient (Wildman–Crippen LogP) is 2.89. The van der Waals surface area contributed by atoms with Crippen molar-refractivity contribution in [2.45, 2.75) is 13.0 Å². The van der Waals surface area contributed by atoms with E-state index in [1.807, 2.05) is 48.5 Å². The van der Waals surface area contributed by atoms with Crippen LogP contribution in [0, 0.1) is 5.92 Å². The predicted molar refractivity (Wildman–Crippen MR) is 122 cm³/mol. The van der Waals surface area contributed by atoms with Crippen LogP contribution in [0.1, 0.15) is 22.5 Å². The molecule has 0 aliphatic carbocycles. The van der Waals surface area contributed by atoms with Crippen molar-refractivity contribution >= 4 is 34.4 Å². The largest absolute Gasteiger partial charge is 0.449 e. The summed E-state index contributed by atoms with van der Waals surface area (Å²) in [5.41, 5.74) is 1.91. The number of anilines is 1. The van der Waals surface area contributed by atoms with Gasteiger partial charge >= 0.3 is 0 Å². The molecule has 0 radical (unpaired) electrons. The average Bonchev–Trinajstić information content (AvgIpc) is 3.40. The molecule has 2 aliphatic rings. The third-order valence-corrected chi connectivity index (χ3v) is 6.14. The molecule has 2 fully saturated rings. The highest BCUT2D eigenvalue weighted by Gasteiger charge is 2.36. The number of carbonyl (C=O) groups is 3. The number of nitrogens with one attached hydrogen (secondary N) is 1. The van der Waals surface area contributed by atoms with Crippen LogP contribution in [0.3, 0.4) is 0 Å². The van der Waals surface area contributed by atoms with E-state index in [1.165, 1.54) is 0 Å². The van der Waals surface area contributed by atoms with Crippen molar-refractivity contribution in [3.05, 3.63) is 65.9 Å². The Kier molecular flexibility index (Phi) is 5.83. The van der Waals surface area contributed by atoms with Gasteiger partial charge in [-0.25, -0.2) is 0 Å². The third kappa shape index (κ3) is 4.34. The molecule has 3 heterocycles. The molecular weight excluding hydrogens is 422 g/mol. The SMILES string of the molecule is O=C(Nc1c(C(=O)N2CCOCC2)oc2ccccc12)C1CC(=O)N(Cc2ccccc2)C1. The van der Waals surface area contributed by atoms with Crippen LogP contribution in [0.15, 0.2) is 59.0 Å². The number of para-hydroxylation sites is 1. The second-order valence-electron chi connectivity index (χ2n) is 8.36. The van der Waals surface area contributed by atoms with Gasteiger partial charge in [-0.1, -0.05) is 42.5 Å². The zero-order valence-corrected chi connectivity index (χ0v) is 18.2. The average molecular weight is 447 g/mol. The zero-order chi connectivity index (χ0) is 22.8. The van der Waals surface area contributed by atoms with Gasteiger partial charge in [-0.15, -0.1) is 0 Å². The zero-order valence-electron chi connectivity index (χ0n) is 18.2. The first-order chi connectivity index (χ1) is 16.1. The molecule has 2 aliphatic heterocycles. The minimum Gasteiger partial charge on any atom is -0.449 e. The van der Waals surface area contributed by atoms with Crippen LogP contribution >= 0.6 is 0 Å². The lowest BCUT2D eigenvalue weighted by molar-refractivity contribution is -0.128. The van der Waals surface area contributed by atoms with Crippen molar-refractivity contribution in [1.82, 2.24) is 9.80 Å². The number of rotatable bonds is 5. The van der Waals surface area contributed by atoms with E-state index >= 15 is 0 Å². The monoisotopic (exact) mass is 447 g/mol. The Labute approximate surface area is 191 Å². The quantitative estimate of drug-likeness (QED) is 0.649. The van der Waals surface area contributed by atoms with Gasteiger partial charge in [0.05, 0.1) is 19.1 Å². The molecule has 5 rings (SSSR count). The molecule has 170 valence electrons. The maximum absolute atomic E-state index is 13.2. The lowest BCUT2D eigenvalue weighted by Crippen LogP contribution is -2.40. The first kappa shape index (κ1) is 21.2. The lowest BCUT2D eigenvalue weighted by Gasteiger charge is -2.26. The van der Waals surface area contributed by atoms with Gasteiger partial charge in [0.25, 0.3) is 5.91 Å². The summed E-state index contributed by atoms with van der Waals surface area (Å²) in [7, 11) is 0. The number of furan rings is 1. The number of morpholine rings is 1. The Balaban J connectivity index is 1.36. The topological polar surface area (TPSA) is 92.1 Å². The van der Waals surface area contributed by atoms with Gasteiger partial charge in [0.15, 0.2) is 0 Å². The number of nitrogens with zero attached hydrogens (tertiary/aromatic N) is 2. The molecule has 0 saturated carbocycles. The standard InChI is InChI=1S/C25H25N3O5/c29-21-14-18(16-28(21)15-17-6-2-1-3-7-17)24(30)26-22-19-8-4-5-9-20(19)33-23(22)25(31)27-10-12-32-13-11-27/h1-9,18H,10-16H2,(H,26,30). The Hall–Kier alpha value is -3.65. The molecule has 1 atom stereocenters. The fourth-order valence-corrected chi connectivity index (χ4v) is 4.36. The van der Waals surface area contributed by atoms with Crippen LogP contribution in [0.5, 0.6) is 0 Å². The molecule has 0 spiro atoms. The van der Waals surface area contributed by atoms with Crippen LogP contribution in [-0.2, 0) is 20.9 Å². The van der Waals surface area contributed by atoms with Gasteiger partial charge < -0.3 is 24.3 Å². The van der Waals surface area contributed by atoms with E-state index in [4.69, 9.17) is 9.15 Å². The van der Waals surface area contributed by atoms with Gasteiger partial charge in [-0.05, 0) is 17.7 Å². The maximum Gasteiger partial charge on any atom is 0.291 e. The third-order valence-electron chi connectivity index (χ3n) is 6.14. The van der Waals surface area contributed by atoms with Crippen LogP contribution < -0.4 is 5.32 Å².